The van der Waals surface area contributed by atoms with Gasteiger partial charge in [-0.2, -0.15) is 0 Å². The quantitative estimate of drug-likeness (QED) is 0.602. The number of hydrogen-bond donors (Lipinski definition) is 1. The molecule has 0 saturated carbocycles. The largest absolute Gasteiger partial charge is 0.494 e. The first-order valence-electron chi connectivity index (χ1n) is 11.4. The van der Waals surface area contributed by atoms with E-state index in [1.165, 1.54) is 0 Å². The third-order valence-corrected chi connectivity index (χ3v) is 5.63. The number of anilines is 2. The minimum atomic E-state index is -0.283. The first kappa shape index (κ1) is 24.7. The van der Waals surface area contributed by atoms with Gasteiger partial charge >= 0.3 is 0 Å². The molecule has 0 aromatic heterocycles. The molecule has 1 heterocycles. The number of nitrogens with one attached hydrogen (secondary N) is 1. The van der Waals surface area contributed by atoms with Gasteiger partial charge in [0.1, 0.15) is 11.5 Å². The Hall–Kier alpha value is -2.93. The van der Waals surface area contributed by atoms with Crippen molar-refractivity contribution in [1.82, 2.24) is 4.90 Å². The van der Waals surface area contributed by atoms with Gasteiger partial charge in [0, 0.05) is 48.7 Å². The maximum Gasteiger partial charge on any atom is 0.255 e. The summed E-state index contributed by atoms with van der Waals surface area (Å²) in [7, 11) is 0. The third kappa shape index (κ3) is 6.32. The lowest BCUT2D eigenvalue weighted by atomic mass is 10.1. The van der Waals surface area contributed by atoms with E-state index < -0.39 is 0 Å². The van der Waals surface area contributed by atoms with E-state index in [4.69, 9.17) is 21.1 Å². The van der Waals surface area contributed by atoms with Crippen molar-refractivity contribution in [2.45, 2.75) is 27.7 Å². The van der Waals surface area contributed by atoms with Crippen molar-refractivity contribution < 1.29 is 19.1 Å². The lowest BCUT2D eigenvalue weighted by molar-refractivity contribution is -0.134. The predicted molar refractivity (Wildman–Crippen MR) is 132 cm³/mol. The van der Waals surface area contributed by atoms with Crippen molar-refractivity contribution in [3.63, 3.8) is 0 Å². The molecule has 1 N–H and O–H groups in total. The normalized spacial score (nSPS) is 13.8. The zero-order chi connectivity index (χ0) is 24.0. The highest BCUT2D eigenvalue weighted by atomic mass is 35.5. The second kappa shape index (κ2) is 11.3. The molecule has 178 valence electrons. The van der Waals surface area contributed by atoms with Crippen LogP contribution in [0, 0.1) is 5.92 Å². The Morgan fingerprint density at radius 3 is 2.12 bits per heavy atom. The number of amides is 2. The Balaban J connectivity index is 1.80. The summed E-state index contributed by atoms with van der Waals surface area (Å²) >= 11 is 6.26. The van der Waals surface area contributed by atoms with Gasteiger partial charge in [-0.3, -0.25) is 9.59 Å². The molecule has 2 amide bonds. The Morgan fingerprint density at radius 2 is 1.58 bits per heavy atom. The second-order valence-electron chi connectivity index (χ2n) is 8.14. The molecule has 0 spiro atoms. The van der Waals surface area contributed by atoms with E-state index in [0.29, 0.717) is 67.2 Å². The fourth-order valence-electron chi connectivity index (χ4n) is 3.81. The molecule has 7 nitrogen and oxygen atoms in total. The van der Waals surface area contributed by atoms with E-state index in [1.807, 2.05) is 38.7 Å². The lowest BCUT2D eigenvalue weighted by Gasteiger charge is -2.37. The van der Waals surface area contributed by atoms with Crippen LogP contribution in [0.2, 0.25) is 5.02 Å². The Morgan fingerprint density at radius 1 is 0.970 bits per heavy atom. The second-order valence-corrected chi connectivity index (χ2v) is 8.58. The summed E-state index contributed by atoms with van der Waals surface area (Å²) in [6, 6.07) is 10.6. The maximum absolute atomic E-state index is 13.2. The van der Waals surface area contributed by atoms with Crippen molar-refractivity contribution in [2.75, 3.05) is 49.6 Å². The monoisotopic (exact) mass is 473 g/mol. The van der Waals surface area contributed by atoms with E-state index >= 15 is 0 Å². The van der Waals surface area contributed by atoms with E-state index in [2.05, 4.69) is 10.2 Å². The number of rotatable bonds is 8. The highest BCUT2D eigenvalue weighted by molar-refractivity contribution is 6.31. The van der Waals surface area contributed by atoms with Crippen LogP contribution in [-0.4, -0.2) is 56.1 Å². The number of carbonyl (C=O) groups excluding carboxylic acids is 2. The third-order valence-electron chi connectivity index (χ3n) is 5.40. The summed E-state index contributed by atoms with van der Waals surface area (Å²) in [6.45, 7) is 11.2. The van der Waals surface area contributed by atoms with Gasteiger partial charge in [-0.25, -0.2) is 0 Å². The molecule has 33 heavy (non-hydrogen) atoms. The molecule has 1 aliphatic rings. The van der Waals surface area contributed by atoms with Crippen LogP contribution in [0.4, 0.5) is 11.4 Å². The topological polar surface area (TPSA) is 71.1 Å². The summed E-state index contributed by atoms with van der Waals surface area (Å²) in [5.41, 5.74) is 1.92. The number of hydrogen-bond acceptors (Lipinski definition) is 5. The van der Waals surface area contributed by atoms with Gasteiger partial charge in [0.25, 0.3) is 5.91 Å². The molecule has 1 saturated heterocycles. The number of piperazine rings is 1. The zero-order valence-electron chi connectivity index (χ0n) is 19.7. The van der Waals surface area contributed by atoms with Gasteiger partial charge in [0.05, 0.1) is 24.6 Å². The van der Waals surface area contributed by atoms with Crippen molar-refractivity contribution in [3.8, 4) is 11.5 Å². The summed E-state index contributed by atoms with van der Waals surface area (Å²) < 4.78 is 11.2. The Kier molecular flexibility index (Phi) is 8.44. The first-order valence-corrected chi connectivity index (χ1v) is 11.8. The number of carbonyl (C=O) groups is 2. The van der Waals surface area contributed by atoms with Crippen LogP contribution in [0.25, 0.3) is 0 Å². The Labute approximate surface area is 200 Å². The molecule has 1 fully saturated rings. The molecule has 0 unspecified atom stereocenters. The average molecular weight is 474 g/mol. The van der Waals surface area contributed by atoms with Gasteiger partial charge in [-0.05, 0) is 44.2 Å². The smallest absolute Gasteiger partial charge is 0.255 e. The SMILES string of the molecule is CCOc1cc(OCC)cc(C(=O)Nc2cc(Cl)ccc2N2CCN(C(=O)C(C)C)CC2)c1. The molecule has 2 aromatic carbocycles. The number of nitrogens with zero attached hydrogens (tertiary/aromatic N) is 2. The van der Waals surface area contributed by atoms with Crippen LogP contribution in [0.5, 0.6) is 11.5 Å². The van der Waals surface area contributed by atoms with E-state index in [0.717, 1.165) is 5.69 Å². The number of halogens is 1. The molecule has 1 aliphatic heterocycles. The molecule has 0 atom stereocenters. The highest BCUT2D eigenvalue weighted by Gasteiger charge is 2.24. The zero-order valence-corrected chi connectivity index (χ0v) is 20.4. The standard InChI is InChI=1S/C25H32ClN3O4/c1-5-32-20-13-18(14-21(16-20)33-6-2)24(30)27-22-15-19(26)7-8-23(22)28-9-11-29(12-10-28)25(31)17(3)4/h7-8,13-17H,5-6,9-12H2,1-4H3,(H,27,30). The summed E-state index contributed by atoms with van der Waals surface area (Å²) in [5, 5.41) is 3.53. The van der Waals surface area contributed by atoms with Gasteiger partial charge in [-0.15, -0.1) is 0 Å². The van der Waals surface area contributed by atoms with Gasteiger partial charge in [-0.1, -0.05) is 25.4 Å². The van der Waals surface area contributed by atoms with Gasteiger partial charge < -0.3 is 24.6 Å². The summed E-state index contributed by atoms with van der Waals surface area (Å²) in [4.78, 5) is 29.5. The van der Waals surface area contributed by atoms with Crippen LogP contribution in [0.15, 0.2) is 36.4 Å². The molecule has 0 bridgehead atoms. The molecule has 2 aromatic rings. The number of ether oxygens (including phenoxy) is 2. The van der Waals surface area contributed by atoms with Crippen LogP contribution in [0.1, 0.15) is 38.1 Å². The minimum Gasteiger partial charge on any atom is -0.494 e. The van der Waals surface area contributed by atoms with E-state index in [9.17, 15) is 9.59 Å². The molecule has 3 rings (SSSR count). The lowest BCUT2D eigenvalue weighted by Crippen LogP contribution is -2.50. The summed E-state index contributed by atoms with van der Waals surface area (Å²) in [6.07, 6.45) is 0. The molecule has 8 heteroatoms. The molecular formula is C25H32ClN3O4. The fourth-order valence-corrected chi connectivity index (χ4v) is 3.99. The maximum atomic E-state index is 13.2. The van der Waals surface area contributed by atoms with Crippen LogP contribution < -0.4 is 19.7 Å². The fraction of sp³-hybridized carbons (Fsp3) is 0.440. The van der Waals surface area contributed by atoms with Crippen molar-refractivity contribution in [1.29, 1.82) is 0 Å². The van der Waals surface area contributed by atoms with Crippen molar-refractivity contribution >= 4 is 34.8 Å². The first-order chi connectivity index (χ1) is 15.8. The predicted octanol–water partition coefficient (Wildman–Crippen LogP) is 4.69. The molecular weight excluding hydrogens is 442 g/mol. The molecule has 0 aliphatic carbocycles. The number of benzene rings is 2. The van der Waals surface area contributed by atoms with E-state index in [1.54, 1.807) is 30.3 Å². The molecule has 0 radical (unpaired) electrons. The minimum absolute atomic E-state index is 0.0176. The van der Waals surface area contributed by atoms with Crippen LogP contribution in [-0.2, 0) is 4.79 Å². The van der Waals surface area contributed by atoms with Crippen molar-refractivity contribution in [3.05, 3.63) is 47.0 Å². The van der Waals surface area contributed by atoms with Crippen LogP contribution >= 0.6 is 11.6 Å². The van der Waals surface area contributed by atoms with Crippen LogP contribution in [0.3, 0.4) is 0 Å². The average Bonchev–Trinajstić information content (AvgIpc) is 2.79. The van der Waals surface area contributed by atoms with Gasteiger partial charge in [0.2, 0.25) is 5.91 Å². The van der Waals surface area contributed by atoms with E-state index in [-0.39, 0.29) is 17.7 Å². The highest BCUT2D eigenvalue weighted by Crippen LogP contribution is 2.31. The summed E-state index contributed by atoms with van der Waals surface area (Å²) in [5.74, 6) is 1.01. The Bertz CT molecular complexity index is 963. The van der Waals surface area contributed by atoms with Crippen molar-refractivity contribution in [2.24, 2.45) is 5.92 Å². The van der Waals surface area contributed by atoms with Gasteiger partial charge in [0.15, 0.2) is 0 Å².